The van der Waals surface area contributed by atoms with Gasteiger partial charge in [0, 0.05) is 36.6 Å². The van der Waals surface area contributed by atoms with Gasteiger partial charge in [-0.2, -0.15) is 0 Å². The van der Waals surface area contributed by atoms with Gasteiger partial charge in [0.2, 0.25) is 10.0 Å². The maximum Gasteiger partial charge on any atom is 0.253 e. The molecule has 1 aromatic carbocycles. The van der Waals surface area contributed by atoms with Gasteiger partial charge in [-0.25, -0.2) is 13.1 Å². The molecule has 8 heteroatoms. The third-order valence-corrected chi connectivity index (χ3v) is 9.53. The van der Waals surface area contributed by atoms with Crippen molar-refractivity contribution in [1.29, 1.82) is 0 Å². The van der Waals surface area contributed by atoms with Crippen molar-refractivity contribution >= 4 is 15.9 Å². The lowest BCUT2D eigenvalue weighted by Crippen LogP contribution is -2.41. The van der Waals surface area contributed by atoms with Crippen molar-refractivity contribution in [3.05, 3.63) is 41.1 Å². The second-order valence-electron chi connectivity index (χ2n) is 13.5. The number of benzene rings is 1. The molecule has 0 spiro atoms. The molecule has 1 saturated carbocycles. The van der Waals surface area contributed by atoms with Crippen molar-refractivity contribution < 1.29 is 18.3 Å². The Morgan fingerprint density at radius 2 is 1.68 bits per heavy atom. The number of rotatable bonds is 11. The van der Waals surface area contributed by atoms with Gasteiger partial charge >= 0.3 is 0 Å². The van der Waals surface area contributed by atoms with Crippen molar-refractivity contribution in [3.63, 3.8) is 0 Å². The Balaban J connectivity index is 2.07. The Bertz CT molecular complexity index is 1260. The molecular formula is C32H51N3O4S. The Kier molecular flexibility index (Phi) is 10.7. The van der Waals surface area contributed by atoms with Crippen molar-refractivity contribution in [2.24, 2.45) is 5.92 Å². The average Bonchev–Trinajstić information content (AvgIpc) is 3.18. The Labute approximate surface area is 242 Å². The third-order valence-electron chi connectivity index (χ3n) is 7.71. The van der Waals surface area contributed by atoms with E-state index in [1.807, 2.05) is 66.7 Å². The first-order valence-electron chi connectivity index (χ1n) is 14.9. The van der Waals surface area contributed by atoms with Crippen LogP contribution in [0, 0.1) is 12.8 Å². The van der Waals surface area contributed by atoms with Crippen LogP contribution in [-0.2, 0) is 22.0 Å². The lowest BCUT2D eigenvalue weighted by atomic mass is 9.85. The fraction of sp³-hybridized carbons (Fsp3) is 0.656. The van der Waals surface area contributed by atoms with E-state index in [0.29, 0.717) is 22.9 Å². The topological polar surface area (TPSA) is 100 Å². The van der Waals surface area contributed by atoms with Crippen molar-refractivity contribution in [2.75, 3.05) is 13.2 Å². The molecule has 1 amide bonds. The van der Waals surface area contributed by atoms with E-state index >= 15 is 0 Å². The minimum Gasteiger partial charge on any atom is -0.396 e. The summed E-state index contributed by atoms with van der Waals surface area (Å²) < 4.78 is 31.9. The molecule has 3 rings (SSSR count). The predicted molar refractivity (Wildman–Crippen MR) is 163 cm³/mol. The van der Waals surface area contributed by atoms with Crippen LogP contribution < -0.4 is 10.0 Å². The summed E-state index contributed by atoms with van der Waals surface area (Å²) in [5.41, 5.74) is 3.21. The molecule has 1 aliphatic carbocycles. The Hall–Kier alpha value is -2.16. The van der Waals surface area contributed by atoms with Gasteiger partial charge in [-0.15, -0.1) is 0 Å². The molecule has 0 saturated heterocycles. The molecule has 40 heavy (non-hydrogen) atoms. The van der Waals surface area contributed by atoms with Gasteiger partial charge < -0.3 is 15.0 Å². The third kappa shape index (κ3) is 8.43. The van der Waals surface area contributed by atoms with Crippen LogP contribution >= 0.6 is 0 Å². The van der Waals surface area contributed by atoms with E-state index in [2.05, 4.69) is 14.6 Å². The summed E-state index contributed by atoms with van der Waals surface area (Å²) >= 11 is 0. The van der Waals surface area contributed by atoms with Gasteiger partial charge in [0.1, 0.15) is 0 Å². The minimum absolute atomic E-state index is 0.0882. The highest BCUT2D eigenvalue weighted by Gasteiger charge is 2.30. The molecule has 1 aliphatic rings. The average molecular weight is 574 g/mol. The smallest absolute Gasteiger partial charge is 0.253 e. The van der Waals surface area contributed by atoms with Crippen LogP contribution in [0.4, 0.5) is 0 Å². The highest BCUT2D eigenvalue weighted by Crippen LogP contribution is 2.36. The van der Waals surface area contributed by atoms with E-state index < -0.39 is 21.0 Å². The Morgan fingerprint density at radius 1 is 1.00 bits per heavy atom. The van der Waals surface area contributed by atoms with Crippen molar-refractivity contribution in [2.45, 2.75) is 122 Å². The first-order chi connectivity index (χ1) is 18.6. The summed E-state index contributed by atoms with van der Waals surface area (Å²) in [6.07, 6.45) is 8.58. The number of amides is 1. The quantitative estimate of drug-likeness (QED) is 0.274. The normalized spacial score (nSPS) is 15.4. The van der Waals surface area contributed by atoms with Crippen molar-refractivity contribution in [3.8, 4) is 11.3 Å². The summed E-state index contributed by atoms with van der Waals surface area (Å²) in [5, 5.41) is 12.1. The fourth-order valence-electron chi connectivity index (χ4n) is 5.66. The zero-order valence-corrected chi connectivity index (χ0v) is 26.5. The van der Waals surface area contributed by atoms with Crippen LogP contribution in [0.25, 0.3) is 11.3 Å². The van der Waals surface area contributed by atoms with Gasteiger partial charge in [0.15, 0.2) is 0 Å². The molecular weight excluding hydrogens is 522 g/mol. The molecule has 7 nitrogen and oxygen atoms in total. The number of hydrogen-bond acceptors (Lipinski definition) is 4. The minimum atomic E-state index is -3.73. The summed E-state index contributed by atoms with van der Waals surface area (Å²) in [4.78, 5) is 13.6. The monoisotopic (exact) mass is 573 g/mol. The number of aromatic nitrogens is 1. The molecule has 224 valence electrons. The number of nitrogens with one attached hydrogen (secondary N) is 2. The van der Waals surface area contributed by atoms with Crippen LogP contribution in [0.15, 0.2) is 29.2 Å². The van der Waals surface area contributed by atoms with Gasteiger partial charge in [-0.05, 0) is 100 Å². The number of nitrogens with zero attached hydrogens (tertiary/aromatic N) is 1. The molecule has 1 fully saturated rings. The largest absolute Gasteiger partial charge is 0.396 e. The lowest BCUT2D eigenvalue weighted by molar-refractivity contribution is 0.0952. The maximum absolute atomic E-state index is 13.4. The molecule has 0 aliphatic heterocycles. The second-order valence-corrected chi connectivity index (χ2v) is 15.2. The Morgan fingerprint density at radius 3 is 2.27 bits per heavy atom. The van der Waals surface area contributed by atoms with Crippen molar-refractivity contribution in [1.82, 2.24) is 14.6 Å². The standard InChI is InChI=1S/C32H51N3O4S/c1-23-26(30(37)33-18-12-9-13-19-36)21-28(35(23)22-24-14-10-8-11-15-24)25-16-17-29(27(20-25)31(2,3)4)40(38,39)34-32(5,6)7/h16-17,20-21,24,34,36H,8-15,18-19,22H2,1-7H3,(H,33,37). The number of unbranched alkanes of at least 4 members (excludes halogenated alkanes) is 2. The van der Waals surface area contributed by atoms with Crippen LogP contribution in [0.5, 0.6) is 0 Å². The van der Waals surface area contributed by atoms with E-state index in [0.717, 1.165) is 48.3 Å². The predicted octanol–water partition coefficient (Wildman–Crippen LogP) is 6.31. The highest BCUT2D eigenvalue weighted by atomic mass is 32.2. The second kappa shape index (κ2) is 13.2. The highest BCUT2D eigenvalue weighted by molar-refractivity contribution is 7.89. The van der Waals surface area contributed by atoms with Crippen LogP contribution in [-0.4, -0.2) is 42.7 Å². The molecule has 3 N–H and O–H groups in total. The number of aliphatic hydroxyl groups excluding tert-OH is 1. The number of hydrogen-bond donors (Lipinski definition) is 3. The first-order valence-corrected chi connectivity index (χ1v) is 16.4. The van der Waals surface area contributed by atoms with Crippen LogP contribution in [0.3, 0.4) is 0 Å². The zero-order chi connectivity index (χ0) is 29.7. The van der Waals surface area contributed by atoms with E-state index in [9.17, 15) is 13.2 Å². The van der Waals surface area contributed by atoms with E-state index in [-0.39, 0.29) is 12.5 Å². The van der Waals surface area contributed by atoms with Gasteiger partial charge in [0.05, 0.1) is 10.5 Å². The summed E-state index contributed by atoms with van der Waals surface area (Å²) in [7, 11) is -3.73. The molecule has 0 bridgehead atoms. The molecule has 1 heterocycles. The molecule has 0 radical (unpaired) electrons. The zero-order valence-electron chi connectivity index (χ0n) is 25.7. The van der Waals surface area contributed by atoms with Gasteiger partial charge in [-0.3, -0.25) is 4.79 Å². The number of carbonyl (C=O) groups excluding carboxylic acids is 1. The maximum atomic E-state index is 13.4. The van der Waals surface area contributed by atoms with E-state index in [4.69, 9.17) is 5.11 Å². The first kappa shape index (κ1) is 32.4. The summed E-state index contributed by atoms with van der Waals surface area (Å²) in [6.45, 7) is 15.2. The van der Waals surface area contributed by atoms with Gasteiger partial charge in [0.25, 0.3) is 5.91 Å². The molecule has 1 aromatic heterocycles. The van der Waals surface area contributed by atoms with Crippen LogP contribution in [0.1, 0.15) is 115 Å². The number of sulfonamides is 1. The molecule has 0 atom stereocenters. The van der Waals surface area contributed by atoms with E-state index in [1.165, 1.54) is 32.1 Å². The van der Waals surface area contributed by atoms with E-state index in [1.54, 1.807) is 6.07 Å². The SMILES string of the molecule is Cc1c(C(=O)NCCCCCO)cc(-c2ccc(S(=O)(=O)NC(C)(C)C)c(C(C)(C)C)c2)n1CC1CCCCC1. The molecule has 2 aromatic rings. The number of aliphatic hydroxyl groups is 1. The summed E-state index contributed by atoms with van der Waals surface area (Å²) in [5.74, 6) is 0.473. The van der Waals surface area contributed by atoms with Crippen LogP contribution in [0.2, 0.25) is 0 Å². The summed E-state index contributed by atoms with van der Waals surface area (Å²) in [6, 6.07) is 7.58. The molecule has 0 unspecified atom stereocenters. The fourth-order valence-corrected chi connectivity index (χ4v) is 7.47. The lowest BCUT2D eigenvalue weighted by Gasteiger charge is -2.27. The number of carbonyl (C=O) groups is 1. The van der Waals surface area contributed by atoms with Gasteiger partial charge in [-0.1, -0.05) is 46.1 Å².